The van der Waals surface area contributed by atoms with Crippen molar-refractivity contribution in [3.8, 4) is 0 Å². The SMILES string of the molecule is CCc1ccc(Nc2ncnc(Nc3nc4ccc(C)cc4s3)c2N)cc1. The lowest BCUT2D eigenvalue weighted by Crippen LogP contribution is -2.05. The molecule has 0 aliphatic rings. The highest BCUT2D eigenvalue weighted by atomic mass is 32.1. The molecule has 0 fully saturated rings. The van der Waals surface area contributed by atoms with E-state index in [9.17, 15) is 0 Å². The maximum Gasteiger partial charge on any atom is 0.189 e. The number of nitrogens with zero attached hydrogens (tertiary/aromatic N) is 3. The van der Waals surface area contributed by atoms with Gasteiger partial charge in [0.15, 0.2) is 16.8 Å². The lowest BCUT2D eigenvalue weighted by molar-refractivity contribution is 1.14. The third-order valence-corrected chi connectivity index (χ3v) is 5.21. The van der Waals surface area contributed by atoms with Gasteiger partial charge in [-0.3, -0.25) is 0 Å². The predicted octanol–water partition coefficient (Wildman–Crippen LogP) is 5.03. The van der Waals surface area contributed by atoms with Crippen LogP contribution in [0.4, 0.5) is 28.1 Å². The van der Waals surface area contributed by atoms with Crippen LogP contribution >= 0.6 is 11.3 Å². The number of aromatic nitrogens is 3. The average molecular weight is 376 g/mol. The number of hydrogen-bond donors (Lipinski definition) is 3. The molecule has 2 aromatic carbocycles. The highest BCUT2D eigenvalue weighted by Gasteiger charge is 2.11. The molecule has 27 heavy (non-hydrogen) atoms. The number of nitrogen functional groups attached to an aromatic ring is 1. The van der Waals surface area contributed by atoms with Crippen LogP contribution < -0.4 is 16.4 Å². The second-order valence-electron chi connectivity index (χ2n) is 6.28. The molecule has 0 saturated carbocycles. The second kappa shape index (κ2) is 7.20. The lowest BCUT2D eigenvalue weighted by Gasteiger charge is -2.11. The zero-order chi connectivity index (χ0) is 18.8. The molecular formula is C20H20N6S. The molecule has 0 aliphatic carbocycles. The Morgan fingerprint density at radius 1 is 1.00 bits per heavy atom. The van der Waals surface area contributed by atoms with E-state index in [1.54, 1.807) is 11.3 Å². The number of rotatable bonds is 5. The van der Waals surface area contributed by atoms with Crippen LogP contribution in [0.1, 0.15) is 18.1 Å². The van der Waals surface area contributed by atoms with Gasteiger partial charge in [-0.15, -0.1) is 0 Å². The highest BCUT2D eigenvalue weighted by Crippen LogP contribution is 2.32. The number of benzene rings is 2. The zero-order valence-electron chi connectivity index (χ0n) is 15.2. The summed E-state index contributed by atoms with van der Waals surface area (Å²) < 4.78 is 1.12. The summed E-state index contributed by atoms with van der Waals surface area (Å²) in [5.74, 6) is 1.10. The first kappa shape index (κ1) is 17.2. The van der Waals surface area contributed by atoms with Gasteiger partial charge in [0.05, 0.1) is 10.2 Å². The fourth-order valence-electron chi connectivity index (χ4n) is 2.74. The molecule has 6 nitrogen and oxygen atoms in total. The number of hydrogen-bond acceptors (Lipinski definition) is 7. The third kappa shape index (κ3) is 3.68. The Bertz CT molecular complexity index is 1090. The molecule has 0 radical (unpaired) electrons. The van der Waals surface area contributed by atoms with Gasteiger partial charge < -0.3 is 16.4 Å². The predicted molar refractivity (Wildman–Crippen MR) is 113 cm³/mol. The summed E-state index contributed by atoms with van der Waals surface area (Å²) >= 11 is 1.57. The summed E-state index contributed by atoms with van der Waals surface area (Å²) in [6.45, 7) is 4.20. The first-order valence-corrected chi connectivity index (χ1v) is 9.54. The maximum absolute atomic E-state index is 6.28. The first-order valence-electron chi connectivity index (χ1n) is 8.73. The Labute approximate surface area is 161 Å². The van der Waals surface area contributed by atoms with Crippen LogP contribution in [0.25, 0.3) is 10.2 Å². The standard InChI is InChI=1S/C20H20N6S/c1-3-13-5-7-14(8-6-13)24-18-17(21)19(23-11-22-18)26-20-25-15-9-4-12(2)10-16(15)27-20/h4-11H,3,21H2,1-2H3,(H2,22,23,24,25,26). The molecule has 7 heteroatoms. The molecule has 2 heterocycles. The number of anilines is 5. The molecule has 0 atom stereocenters. The lowest BCUT2D eigenvalue weighted by atomic mass is 10.1. The summed E-state index contributed by atoms with van der Waals surface area (Å²) in [6.07, 6.45) is 2.49. The van der Waals surface area contributed by atoms with E-state index in [0.717, 1.165) is 27.5 Å². The van der Waals surface area contributed by atoms with Crippen molar-refractivity contribution in [1.82, 2.24) is 15.0 Å². The Kier molecular flexibility index (Phi) is 4.60. The van der Waals surface area contributed by atoms with Crippen LogP contribution in [0.15, 0.2) is 48.8 Å². The van der Waals surface area contributed by atoms with Gasteiger partial charge in [0.25, 0.3) is 0 Å². The van der Waals surface area contributed by atoms with Gasteiger partial charge in [-0.25, -0.2) is 15.0 Å². The number of fused-ring (bicyclic) bond motifs is 1. The molecule has 0 unspecified atom stereocenters. The van der Waals surface area contributed by atoms with Gasteiger partial charge in [0.1, 0.15) is 12.0 Å². The number of nitrogens with two attached hydrogens (primary N) is 1. The van der Waals surface area contributed by atoms with Crippen molar-refractivity contribution in [1.29, 1.82) is 0 Å². The van der Waals surface area contributed by atoms with Crippen LogP contribution in [0.5, 0.6) is 0 Å². The van der Waals surface area contributed by atoms with E-state index in [0.29, 0.717) is 17.3 Å². The normalized spacial score (nSPS) is 10.9. The maximum atomic E-state index is 6.28. The molecule has 4 aromatic rings. The van der Waals surface area contributed by atoms with Crippen LogP contribution in [-0.4, -0.2) is 15.0 Å². The molecule has 0 aliphatic heterocycles. The van der Waals surface area contributed by atoms with Crippen molar-refractivity contribution in [2.75, 3.05) is 16.4 Å². The molecule has 136 valence electrons. The quantitative estimate of drug-likeness (QED) is 0.453. The van der Waals surface area contributed by atoms with Gasteiger partial charge >= 0.3 is 0 Å². The highest BCUT2D eigenvalue weighted by molar-refractivity contribution is 7.22. The minimum atomic E-state index is 0.451. The first-order chi connectivity index (χ1) is 13.1. The molecule has 4 N–H and O–H groups in total. The number of aryl methyl sites for hydroxylation is 2. The molecular weight excluding hydrogens is 356 g/mol. The minimum Gasteiger partial charge on any atom is -0.393 e. The van der Waals surface area contributed by atoms with E-state index < -0.39 is 0 Å². The Balaban J connectivity index is 1.58. The third-order valence-electron chi connectivity index (χ3n) is 4.28. The van der Waals surface area contributed by atoms with E-state index in [-0.39, 0.29) is 0 Å². The van der Waals surface area contributed by atoms with Crippen molar-refractivity contribution in [3.63, 3.8) is 0 Å². The molecule has 4 rings (SSSR count). The van der Waals surface area contributed by atoms with Crippen molar-refractivity contribution < 1.29 is 0 Å². The van der Waals surface area contributed by atoms with Crippen LogP contribution in [0, 0.1) is 6.92 Å². The smallest absolute Gasteiger partial charge is 0.189 e. The van der Waals surface area contributed by atoms with Gasteiger partial charge in [-0.05, 0) is 48.7 Å². The summed E-state index contributed by atoms with van der Waals surface area (Å²) in [6, 6.07) is 14.4. The second-order valence-corrected chi connectivity index (χ2v) is 7.31. The largest absolute Gasteiger partial charge is 0.393 e. The van der Waals surface area contributed by atoms with Gasteiger partial charge in [0, 0.05) is 5.69 Å². The van der Waals surface area contributed by atoms with E-state index in [1.165, 1.54) is 17.5 Å². The Hall–Kier alpha value is -3.19. The summed E-state index contributed by atoms with van der Waals surface area (Å²) in [5.41, 5.74) is 11.1. The number of thiazole rings is 1. The molecule has 0 amide bonds. The van der Waals surface area contributed by atoms with Crippen molar-refractivity contribution in [2.24, 2.45) is 0 Å². The summed E-state index contributed by atoms with van der Waals surface area (Å²) in [4.78, 5) is 13.1. The van der Waals surface area contributed by atoms with E-state index in [2.05, 4.69) is 63.7 Å². The average Bonchev–Trinajstić information content (AvgIpc) is 3.07. The van der Waals surface area contributed by atoms with Crippen LogP contribution in [-0.2, 0) is 6.42 Å². The van der Waals surface area contributed by atoms with Crippen molar-refractivity contribution >= 4 is 49.7 Å². The Morgan fingerprint density at radius 3 is 2.48 bits per heavy atom. The number of nitrogens with one attached hydrogen (secondary N) is 2. The summed E-state index contributed by atoms with van der Waals surface area (Å²) in [7, 11) is 0. The van der Waals surface area contributed by atoms with Gasteiger partial charge in [-0.2, -0.15) is 0 Å². The molecule has 0 spiro atoms. The monoisotopic (exact) mass is 376 g/mol. The molecule has 0 bridgehead atoms. The zero-order valence-corrected chi connectivity index (χ0v) is 16.0. The van der Waals surface area contributed by atoms with Crippen LogP contribution in [0.3, 0.4) is 0 Å². The van der Waals surface area contributed by atoms with Gasteiger partial charge in [0.2, 0.25) is 0 Å². The molecule has 0 saturated heterocycles. The van der Waals surface area contributed by atoms with Crippen LogP contribution in [0.2, 0.25) is 0 Å². The van der Waals surface area contributed by atoms with E-state index in [1.807, 2.05) is 18.2 Å². The molecule has 2 aromatic heterocycles. The van der Waals surface area contributed by atoms with E-state index in [4.69, 9.17) is 5.73 Å². The van der Waals surface area contributed by atoms with Crippen molar-refractivity contribution in [3.05, 3.63) is 59.9 Å². The Morgan fingerprint density at radius 2 is 1.74 bits per heavy atom. The van der Waals surface area contributed by atoms with Gasteiger partial charge in [-0.1, -0.05) is 36.5 Å². The van der Waals surface area contributed by atoms with Crippen molar-refractivity contribution in [2.45, 2.75) is 20.3 Å². The minimum absolute atomic E-state index is 0.451. The topological polar surface area (TPSA) is 88.8 Å². The summed E-state index contributed by atoms with van der Waals surface area (Å²) in [5, 5.41) is 7.22. The fraction of sp³-hybridized carbons (Fsp3) is 0.150. The fourth-order valence-corrected chi connectivity index (χ4v) is 3.70. The van der Waals surface area contributed by atoms with E-state index >= 15 is 0 Å².